The molecule has 8 atom stereocenters. The first kappa shape index (κ1) is 23.8. The Morgan fingerprint density at radius 3 is 2.31 bits per heavy atom. The molecule has 8 nitrogen and oxygen atoms in total. The summed E-state index contributed by atoms with van der Waals surface area (Å²) in [7, 11) is 3.98. The molecule has 0 radical (unpaired) electrons. The van der Waals surface area contributed by atoms with E-state index in [0.717, 1.165) is 32.5 Å². The van der Waals surface area contributed by atoms with Crippen LogP contribution in [0.2, 0.25) is 0 Å². The zero-order valence-corrected chi connectivity index (χ0v) is 22.1. The van der Waals surface area contributed by atoms with Crippen LogP contribution in [0.4, 0.5) is 5.69 Å². The number of hydrogen-bond acceptors (Lipinski definition) is 7. The third-order valence-electron chi connectivity index (χ3n) is 8.69. The van der Waals surface area contributed by atoms with E-state index in [-0.39, 0.29) is 51.5 Å². The number of nitrogens with zero attached hydrogens (tertiary/aromatic N) is 2. The van der Waals surface area contributed by atoms with E-state index in [4.69, 9.17) is 0 Å². The highest BCUT2D eigenvalue weighted by atomic mass is 32.2. The van der Waals surface area contributed by atoms with Crippen LogP contribution < -0.4 is 9.77 Å². The number of thioether (sulfide) groups is 1. The van der Waals surface area contributed by atoms with Crippen LogP contribution in [0.5, 0.6) is 0 Å². The number of carbonyl (C=O) groups is 3. The van der Waals surface area contributed by atoms with Gasteiger partial charge in [-0.1, -0.05) is 37.3 Å². The van der Waals surface area contributed by atoms with Crippen LogP contribution in [0.3, 0.4) is 0 Å². The molecule has 2 N–H and O–H groups in total. The van der Waals surface area contributed by atoms with E-state index in [1.165, 1.54) is 11.3 Å². The molecule has 3 heterocycles. The van der Waals surface area contributed by atoms with Crippen molar-refractivity contribution in [1.29, 1.82) is 0 Å². The van der Waals surface area contributed by atoms with Crippen LogP contribution in [-0.4, -0.2) is 58.2 Å². The van der Waals surface area contributed by atoms with Crippen LogP contribution in [-0.2, 0) is 14.4 Å². The van der Waals surface area contributed by atoms with Gasteiger partial charge in [-0.05, 0) is 47.8 Å². The second-order valence-corrected chi connectivity index (χ2v) is 13.2. The fourth-order valence-corrected chi connectivity index (χ4v) is 10.2. The molecular formula is C26H29N3O5S2. The SMILES string of the molecule is CC(C)C(C(=O)O)N1C(=O)C2C3CC(C2C1=O)C1C(c2ccc(N(C)C)cc2)c2sc(=O)[nH]c2SC31. The Morgan fingerprint density at radius 2 is 1.72 bits per heavy atom. The van der Waals surface area contributed by atoms with Gasteiger partial charge in [0.2, 0.25) is 11.8 Å². The Bertz CT molecular complexity index is 1320. The summed E-state index contributed by atoms with van der Waals surface area (Å²) in [5.41, 5.74) is 2.19. The van der Waals surface area contributed by atoms with Gasteiger partial charge in [0.15, 0.2) is 0 Å². The first-order valence-electron chi connectivity index (χ1n) is 12.4. The van der Waals surface area contributed by atoms with Crippen molar-refractivity contribution in [3.63, 3.8) is 0 Å². The van der Waals surface area contributed by atoms with Crippen LogP contribution >= 0.6 is 23.1 Å². The minimum Gasteiger partial charge on any atom is -0.480 e. The molecule has 6 rings (SSSR count). The van der Waals surface area contributed by atoms with Crippen molar-refractivity contribution in [2.45, 2.75) is 42.5 Å². The lowest BCUT2D eigenvalue weighted by Crippen LogP contribution is -2.49. The van der Waals surface area contributed by atoms with E-state index in [0.29, 0.717) is 0 Å². The molecule has 4 aliphatic rings. The minimum atomic E-state index is -1.14. The lowest BCUT2D eigenvalue weighted by Gasteiger charge is -2.43. The summed E-state index contributed by atoms with van der Waals surface area (Å²) < 4.78 is 0. The predicted molar refractivity (Wildman–Crippen MR) is 137 cm³/mol. The largest absolute Gasteiger partial charge is 0.480 e. The number of aliphatic carboxylic acids is 1. The molecule has 2 saturated carbocycles. The number of imide groups is 1. The van der Waals surface area contributed by atoms with Gasteiger partial charge in [-0.15, -0.1) is 11.8 Å². The van der Waals surface area contributed by atoms with Crippen molar-refractivity contribution in [3.05, 3.63) is 44.4 Å². The van der Waals surface area contributed by atoms with Gasteiger partial charge in [0.1, 0.15) is 6.04 Å². The molecule has 10 heteroatoms. The third-order valence-corrected chi connectivity index (χ3v) is 11.3. The van der Waals surface area contributed by atoms with Crippen LogP contribution in [0.25, 0.3) is 0 Å². The van der Waals surface area contributed by atoms with Crippen molar-refractivity contribution < 1.29 is 19.5 Å². The van der Waals surface area contributed by atoms with Gasteiger partial charge < -0.3 is 15.0 Å². The summed E-state index contributed by atoms with van der Waals surface area (Å²) in [6.07, 6.45) is 0.786. The number of hydrogen-bond donors (Lipinski definition) is 2. The monoisotopic (exact) mass is 527 g/mol. The maximum atomic E-state index is 13.7. The summed E-state index contributed by atoms with van der Waals surface area (Å²) in [6.45, 7) is 3.47. The molecule has 2 aliphatic heterocycles. The number of fused-ring (bicyclic) bond motifs is 9. The first-order chi connectivity index (χ1) is 17.1. The normalized spacial score (nSPS) is 33.0. The first-order valence-corrected chi connectivity index (χ1v) is 14.1. The van der Waals surface area contributed by atoms with Crippen molar-refractivity contribution in [3.8, 4) is 0 Å². The average Bonchev–Trinajstić information content (AvgIpc) is 3.54. The molecule has 2 aliphatic carbocycles. The highest BCUT2D eigenvalue weighted by Crippen LogP contribution is 2.68. The summed E-state index contributed by atoms with van der Waals surface area (Å²) in [4.78, 5) is 58.8. The van der Waals surface area contributed by atoms with Gasteiger partial charge in [-0.2, -0.15) is 0 Å². The maximum absolute atomic E-state index is 13.7. The summed E-state index contributed by atoms with van der Waals surface area (Å²) in [5, 5.41) is 10.8. The zero-order chi connectivity index (χ0) is 25.6. The fraction of sp³-hybridized carbons (Fsp3) is 0.538. The van der Waals surface area contributed by atoms with E-state index >= 15 is 0 Å². The second kappa shape index (κ2) is 8.21. The van der Waals surface area contributed by atoms with Gasteiger partial charge >= 0.3 is 10.8 Å². The number of carbonyl (C=O) groups excluding carboxylic acids is 2. The van der Waals surface area contributed by atoms with Gasteiger partial charge in [0, 0.05) is 35.8 Å². The van der Waals surface area contributed by atoms with Gasteiger partial charge in [0.25, 0.3) is 0 Å². The third kappa shape index (κ3) is 3.19. The quantitative estimate of drug-likeness (QED) is 0.575. The standard InChI is InChI=1S/C26H29N3O5S2/c1-10(2)19(25(32)33)29-23(30)17-13-9-14(18(17)24(29)31)20-16(13)15(21-22(35-20)27-26(34)36-21)11-5-7-12(8-6-11)28(3)4/h5-8,10,13-20H,9H2,1-4H3,(H,27,34)(H,32,33). The van der Waals surface area contributed by atoms with Crippen molar-refractivity contribution in [2.24, 2.45) is 35.5 Å². The fourth-order valence-electron chi connectivity index (χ4n) is 7.36. The zero-order valence-electron chi connectivity index (χ0n) is 20.5. The summed E-state index contributed by atoms with van der Waals surface area (Å²) in [5.74, 6) is -3.09. The highest BCUT2D eigenvalue weighted by molar-refractivity contribution is 8.00. The van der Waals surface area contributed by atoms with Gasteiger partial charge in [-0.25, -0.2) is 4.79 Å². The molecule has 2 aromatic rings. The highest BCUT2D eigenvalue weighted by Gasteiger charge is 2.70. The average molecular weight is 528 g/mol. The molecule has 190 valence electrons. The molecule has 36 heavy (non-hydrogen) atoms. The molecular weight excluding hydrogens is 498 g/mol. The topological polar surface area (TPSA) is 111 Å². The number of benzene rings is 1. The Balaban J connectivity index is 1.42. The summed E-state index contributed by atoms with van der Waals surface area (Å²) in [6, 6.07) is 7.22. The Kier molecular flexibility index (Phi) is 5.42. The number of aromatic nitrogens is 1. The molecule has 1 saturated heterocycles. The predicted octanol–water partition coefficient (Wildman–Crippen LogP) is 3.08. The number of thiazole rings is 1. The van der Waals surface area contributed by atoms with E-state index < -0.39 is 23.8 Å². The summed E-state index contributed by atoms with van der Waals surface area (Å²) >= 11 is 2.88. The van der Waals surface area contributed by atoms with E-state index in [9.17, 15) is 24.3 Å². The number of rotatable bonds is 5. The van der Waals surface area contributed by atoms with Crippen LogP contribution in [0.1, 0.15) is 36.6 Å². The number of likely N-dealkylation sites (tertiary alicyclic amines) is 1. The molecule has 2 amide bonds. The molecule has 1 aromatic carbocycles. The van der Waals surface area contributed by atoms with E-state index in [1.807, 2.05) is 19.0 Å². The number of amides is 2. The molecule has 1 aromatic heterocycles. The number of carboxylic acid groups (broad SMARTS) is 1. The van der Waals surface area contributed by atoms with Gasteiger partial charge in [0.05, 0.1) is 16.9 Å². The lowest BCUT2D eigenvalue weighted by molar-refractivity contribution is -0.157. The molecule has 2 bridgehead atoms. The number of H-pyrrole nitrogens is 1. The van der Waals surface area contributed by atoms with Gasteiger partial charge in [-0.3, -0.25) is 19.3 Å². The Hall–Kier alpha value is -2.59. The van der Waals surface area contributed by atoms with Crippen LogP contribution in [0.15, 0.2) is 34.1 Å². The number of aromatic amines is 1. The lowest BCUT2D eigenvalue weighted by atomic mass is 9.68. The number of anilines is 1. The van der Waals surface area contributed by atoms with Crippen LogP contribution in [0, 0.1) is 35.5 Å². The van der Waals surface area contributed by atoms with Crippen molar-refractivity contribution >= 4 is 46.6 Å². The van der Waals surface area contributed by atoms with E-state index in [1.54, 1.807) is 25.6 Å². The number of nitrogens with one attached hydrogen (secondary N) is 1. The smallest absolute Gasteiger partial charge is 0.327 e. The van der Waals surface area contributed by atoms with E-state index in [2.05, 4.69) is 29.2 Å². The Labute approximate surface area is 217 Å². The molecule has 3 fully saturated rings. The van der Waals surface area contributed by atoms with Crippen molar-refractivity contribution in [1.82, 2.24) is 9.88 Å². The second-order valence-electron chi connectivity index (χ2n) is 11.0. The number of carboxylic acids is 1. The Morgan fingerprint density at radius 1 is 1.08 bits per heavy atom. The molecule has 8 unspecified atom stereocenters. The molecule has 0 spiro atoms. The van der Waals surface area contributed by atoms with Crippen molar-refractivity contribution in [2.75, 3.05) is 19.0 Å². The maximum Gasteiger partial charge on any atom is 0.327 e. The minimum absolute atomic E-state index is 0.0156.